The van der Waals surface area contributed by atoms with Crippen molar-refractivity contribution in [3.05, 3.63) is 35.9 Å². The Balaban J connectivity index is 2.64. The molecule has 0 aliphatic heterocycles. The second-order valence-corrected chi connectivity index (χ2v) is 4.14. The molecule has 0 radical (unpaired) electrons. The predicted molar refractivity (Wildman–Crippen MR) is 61.8 cm³/mol. The molecular weight excluding hydrogens is 217 g/mol. The molecule has 0 fully saturated rings. The first kappa shape index (κ1) is 11.4. The molecule has 3 nitrogen and oxygen atoms in total. The summed E-state index contributed by atoms with van der Waals surface area (Å²) < 4.78 is 0. The summed E-state index contributed by atoms with van der Waals surface area (Å²) in [5, 5.41) is 11.7. The minimum absolute atomic E-state index is 0.402. The van der Waals surface area contributed by atoms with E-state index < -0.39 is 19.5 Å². The van der Waals surface area contributed by atoms with Gasteiger partial charge in [-0.25, -0.2) is 0 Å². The quantitative estimate of drug-likeness (QED) is 0.741. The summed E-state index contributed by atoms with van der Waals surface area (Å²) in [6.07, 6.45) is 0.486. The predicted octanol–water partition coefficient (Wildman–Crippen LogP) is 1.06. The van der Waals surface area contributed by atoms with E-state index >= 15 is 0 Å². The molecule has 5 heteroatoms. The summed E-state index contributed by atoms with van der Waals surface area (Å²) in [6.45, 7) is 0. The second-order valence-electron chi connectivity index (χ2n) is 2.87. The molecule has 0 aromatic heterocycles. The largest absolute Gasteiger partial charge is 0.480 e. The van der Waals surface area contributed by atoms with Crippen molar-refractivity contribution < 1.29 is 9.90 Å². The van der Waals surface area contributed by atoms with E-state index in [1.165, 1.54) is 0 Å². The fourth-order valence-electron chi connectivity index (χ4n) is 1.15. The normalized spacial score (nSPS) is 13.1. The zero-order valence-electron chi connectivity index (χ0n) is 7.51. The van der Waals surface area contributed by atoms with Gasteiger partial charge in [-0.05, 0) is 19.5 Å². The van der Waals surface area contributed by atoms with Crippen LogP contribution < -0.4 is 5.09 Å². The van der Waals surface area contributed by atoms with Crippen LogP contribution in [0.4, 0.5) is 0 Å². The van der Waals surface area contributed by atoms with Gasteiger partial charge in [-0.1, -0.05) is 42.1 Å². The van der Waals surface area contributed by atoms with Gasteiger partial charge in [0, 0.05) is 0 Å². The molecule has 2 atom stereocenters. The van der Waals surface area contributed by atoms with Crippen molar-refractivity contribution in [1.82, 2.24) is 5.09 Å². The van der Waals surface area contributed by atoms with Gasteiger partial charge in [0.15, 0.2) is 0 Å². The topological polar surface area (TPSA) is 49.3 Å². The van der Waals surface area contributed by atoms with Crippen molar-refractivity contribution in [2.24, 2.45) is 0 Å². The van der Waals surface area contributed by atoms with Crippen molar-refractivity contribution in [2.75, 3.05) is 0 Å². The van der Waals surface area contributed by atoms with Crippen LogP contribution in [0, 0.1) is 0 Å². The van der Waals surface area contributed by atoms with Crippen molar-refractivity contribution in [1.29, 1.82) is 0 Å². The van der Waals surface area contributed by atoms with Gasteiger partial charge in [0.05, 0.1) is 0 Å². The maximum Gasteiger partial charge on any atom is 0.321 e. The Labute approximate surface area is 89.0 Å². The number of benzene rings is 1. The number of hydrogen-bond acceptors (Lipinski definition) is 2. The van der Waals surface area contributed by atoms with E-state index in [0.717, 1.165) is 5.56 Å². The zero-order valence-corrected chi connectivity index (χ0v) is 9.48. The summed E-state index contributed by atoms with van der Waals surface area (Å²) in [5.74, 6) is -0.841. The Bertz CT molecular complexity index is 318. The van der Waals surface area contributed by atoms with Crippen molar-refractivity contribution in [3.8, 4) is 0 Å². The third-order valence-electron chi connectivity index (χ3n) is 1.85. The van der Waals surface area contributed by atoms with E-state index in [0.29, 0.717) is 6.42 Å². The molecule has 76 valence electrons. The first-order chi connectivity index (χ1) is 6.74. The SMILES string of the molecule is O=C(O)C(Cc1ccccc1)N[PH2]=S. The highest BCUT2D eigenvalue weighted by Crippen LogP contribution is 2.05. The van der Waals surface area contributed by atoms with E-state index in [1.54, 1.807) is 0 Å². The number of carboxylic acid groups (broad SMARTS) is 1. The third-order valence-corrected chi connectivity index (χ3v) is 2.80. The highest BCUT2D eigenvalue weighted by atomic mass is 32.4. The van der Waals surface area contributed by atoms with Crippen molar-refractivity contribution >= 4 is 25.3 Å². The molecule has 0 bridgehead atoms. The fraction of sp³-hybridized carbons (Fsp3) is 0.222. The number of aliphatic carboxylic acids is 1. The number of hydrogen-bond donors (Lipinski definition) is 2. The molecule has 0 spiro atoms. The lowest BCUT2D eigenvalue weighted by atomic mass is 10.1. The summed E-state index contributed by atoms with van der Waals surface area (Å²) in [5.41, 5.74) is 1.01. The van der Waals surface area contributed by atoms with Crippen LogP contribution in [-0.4, -0.2) is 17.1 Å². The van der Waals surface area contributed by atoms with Crippen LogP contribution in [-0.2, 0) is 23.0 Å². The lowest BCUT2D eigenvalue weighted by Crippen LogP contribution is -2.32. The lowest BCUT2D eigenvalue weighted by molar-refractivity contribution is -0.138. The van der Waals surface area contributed by atoms with Crippen LogP contribution in [0.25, 0.3) is 0 Å². The van der Waals surface area contributed by atoms with Gasteiger partial charge in [0.25, 0.3) is 0 Å². The van der Waals surface area contributed by atoms with E-state index in [9.17, 15) is 4.79 Å². The average Bonchev–Trinajstić information content (AvgIpc) is 2.18. The van der Waals surface area contributed by atoms with Gasteiger partial charge in [0.2, 0.25) is 0 Å². The summed E-state index contributed by atoms with van der Waals surface area (Å²) in [4.78, 5) is 10.8. The first-order valence-electron chi connectivity index (χ1n) is 4.20. The van der Waals surface area contributed by atoms with Crippen LogP contribution in [0.5, 0.6) is 0 Å². The summed E-state index contributed by atoms with van der Waals surface area (Å²) in [6, 6.07) is 8.98. The Morgan fingerprint density at radius 2 is 2.14 bits per heavy atom. The molecule has 0 amide bonds. The monoisotopic (exact) mass is 229 g/mol. The van der Waals surface area contributed by atoms with E-state index in [1.807, 2.05) is 30.3 Å². The van der Waals surface area contributed by atoms with Gasteiger partial charge < -0.3 is 5.11 Å². The van der Waals surface area contributed by atoms with Crippen molar-refractivity contribution in [2.45, 2.75) is 12.5 Å². The average molecular weight is 229 g/mol. The fourth-order valence-corrected chi connectivity index (χ4v) is 2.07. The molecule has 0 saturated carbocycles. The van der Waals surface area contributed by atoms with Crippen LogP contribution in [0.15, 0.2) is 30.3 Å². The van der Waals surface area contributed by atoms with E-state index in [-0.39, 0.29) is 0 Å². The molecule has 1 aromatic carbocycles. The Morgan fingerprint density at radius 3 is 2.64 bits per heavy atom. The Kier molecular flexibility index (Phi) is 4.80. The van der Waals surface area contributed by atoms with E-state index in [2.05, 4.69) is 5.09 Å². The smallest absolute Gasteiger partial charge is 0.321 e. The number of nitrogens with one attached hydrogen (secondary N) is 1. The molecule has 0 heterocycles. The molecule has 0 aliphatic rings. The summed E-state index contributed by atoms with van der Waals surface area (Å²) in [7, 11) is -0.402. The Hall–Kier alpha value is -0.700. The van der Waals surface area contributed by atoms with Crippen LogP contribution >= 0.6 is 7.51 Å². The Morgan fingerprint density at radius 1 is 1.50 bits per heavy atom. The third kappa shape index (κ3) is 3.58. The highest BCUT2D eigenvalue weighted by molar-refractivity contribution is 7.95. The van der Waals surface area contributed by atoms with Gasteiger partial charge in [-0.15, -0.1) is 0 Å². The molecule has 2 N–H and O–H groups in total. The van der Waals surface area contributed by atoms with Gasteiger partial charge >= 0.3 is 5.97 Å². The molecular formula is C9H12NO2PS. The number of rotatable bonds is 5. The van der Waals surface area contributed by atoms with Gasteiger partial charge in [-0.3, -0.25) is 9.88 Å². The minimum atomic E-state index is -0.841. The molecule has 14 heavy (non-hydrogen) atoms. The highest BCUT2D eigenvalue weighted by Gasteiger charge is 2.15. The van der Waals surface area contributed by atoms with Crippen LogP contribution in [0.1, 0.15) is 5.56 Å². The standard InChI is InChI=1S/C9H12NO2PS/c11-9(12)8(10-13-14)6-7-4-2-1-3-5-7/h1-5,8H,6,13H2,(H,10,14)(H,11,12). The number of carboxylic acids is 1. The lowest BCUT2D eigenvalue weighted by Gasteiger charge is -2.10. The molecule has 1 rings (SSSR count). The minimum Gasteiger partial charge on any atom is -0.480 e. The van der Waals surface area contributed by atoms with Crippen LogP contribution in [0.2, 0.25) is 0 Å². The van der Waals surface area contributed by atoms with Crippen molar-refractivity contribution in [3.63, 3.8) is 0 Å². The molecule has 2 unspecified atom stereocenters. The summed E-state index contributed by atoms with van der Waals surface area (Å²) >= 11 is 4.77. The molecule has 0 aliphatic carbocycles. The van der Waals surface area contributed by atoms with Crippen LogP contribution in [0.3, 0.4) is 0 Å². The molecule has 1 aromatic rings. The van der Waals surface area contributed by atoms with E-state index in [4.69, 9.17) is 16.9 Å². The number of carbonyl (C=O) groups is 1. The first-order valence-corrected chi connectivity index (χ1v) is 6.66. The zero-order chi connectivity index (χ0) is 10.4. The van der Waals surface area contributed by atoms with Gasteiger partial charge in [0.1, 0.15) is 6.04 Å². The molecule has 0 saturated heterocycles. The second kappa shape index (κ2) is 5.91. The maximum absolute atomic E-state index is 10.8. The van der Waals surface area contributed by atoms with Gasteiger partial charge in [-0.2, -0.15) is 0 Å². The maximum atomic E-state index is 10.8.